The van der Waals surface area contributed by atoms with E-state index in [2.05, 4.69) is 0 Å². The first-order chi connectivity index (χ1) is 15.7. The van der Waals surface area contributed by atoms with Gasteiger partial charge in [-0.05, 0) is 30.5 Å². The Bertz CT molecular complexity index is 1110. The van der Waals surface area contributed by atoms with Crippen molar-refractivity contribution in [3.63, 3.8) is 0 Å². The molecular weight excluding hydrogens is 422 g/mol. The monoisotopic (exact) mass is 451 g/mol. The molecule has 0 spiro atoms. The number of amides is 1. The fourth-order valence-corrected chi connectivity index (χ4v) is 5.20. The van der Waals surface area contributed by atoms with E-state index in [1.807, 2.05) is 64.1 Å². The van der Waals surface area contributed by atoms with E-state index < -0.39 is 0 Å². The van der Waals surface area contributed by atoms with Gasteiger partial charge in [-0.2, -0.15) is 0 Å². The molecule has 2 aromatic carbocycles. The van der Waals surface area contributed by atoms with E-state index in [9.17, 15) is 9.59 Å². The Morgan fingerprint density at radius 3 is 2.59 bits per heavy atom. The molecule has 3 aromatic rings. The van der Waals surface area contributed by atoms with Crippen LogP contribution in [0.15, 0.2) is 64.5 Å². The number of thioether (sulfide) groups is 1. The Morgan fingerprint density at radius 1 is 1.12 bits per heavy atom. The summed E-state index contributed by atoms with van der Waals surface area (Å²) >= 11 is 1.36. The van der Waals surface area contributed by atoms with Crippen molar-refractivity contribution in [2.45, 2.75) is 43.4 Å². The second-order valence-corrected chi connectivity index (χ2v) is 9.05. The summed E-state index contributed by atoms with van der Waals surface area (Å²) in [5.41, 5.74) is 1.76. The maximum absolute atomic E-state index is 13.3. The summed E-state index contributed by atoms with van der Waals surface area (Å²) in [4.78, 5) is 33.0. The summed E-state index contributed by atoms with van der Waals surface area (Å²) in [7, 11) is 1.64. The van der Waals surface area contributed by atoms with Gasteiger partial charge in [-0.15, -0.1) is 0 Å². The van der Waals surface area contributed by atoms with Crippen molar-refractivity contribution in [3.8, 4) is 0 Å². The number of hydrogen-bond donors (Lipinski definition) is 0. The standard InChI is InChI=1S/C25H29N3O3S/c1-31-16-15-27(17-19-9-3-2-4-10-19)23(29)18-32-25-26-22-14-8-7-13-21(22)24(30)28(25)20-11-5-6-12-20/h2-4,7-10,13-14,20H,5-6,11-12,15-18H2,1H3. The minimum absolute atomic E-state index is 0.00188. The lowest BCUT2D eigenvalue weighted by molar-refractivity contribution is -0.129. The number of fused-ring (bicyclic) bond motifs is 1. The molecule has 0 bridgehead atoms. The minimum atomic E-state index is -0.00188. The molecule has 0 N–H and O–H groups in total. The van der Waals surface area contributed by atoms with E-state index in [0.717, 1.165) is 31.2 Å². The fraction of sp³-hybridized carbons (Fsp3) is 0.400. The summed E-state index contributed by atoms with van der Waals surface area (Å²) in [5, 5.41) is 1.28. The molecule has 0 radical (unpaired) electrons. The van der Waals surface area contributed by atoms with Crippen molar-refractivity contribution in [3.05, 3.63) is 70.5 Å². The Balaban J connectivity index is 1.57. The third kappa shape index (κ3) is 5.22. The molecule has 0 atom stereocenters. The maximum Gasteiger partial charge on any atom is 0.262 e. The zero-order chi connectivity index (χ0) is 22.3. The summed E-state index contributed by atoms with van der Waals surface area (Å²) in [6, 6.07) is 17.6. The number of carbonyl (C=O) groups excluding carboxylic acids is 1. The van der Waals surface area contributed by atoms with E-state index in [1.54, 1.807) is 7.11 Å². The number of aromatic nitrogens is 2. The highest BCUT2D eigenvalue weighted by Crippen LogP contribution is 2.32. The molecule has 1 heterocycles. The highest BCUT2D eigenvalue weighted by molar-refractivity contribution is 7.99. The van der Waals surface area contributed by atoms with Crippen molar-refractivity contribution in [1.82, 2.24) is 14.5 Å². The molecular formula is C25H29N3O3S. The number of benzene rings is 2. The van der Waals surface area contributed by atoms with E-state index >= 15 is 0 Å². The molecule has 1 aliphatic rings. The van der Waals surface area contributed by atoms with Crippen LogP contribution in [-0.4, -0.2) is 46.4 Å². The van der Waals surface area contributed by atoms with Crippen LogP contribution in [0.2, 0.25) is 0 Å². The summed E-state index contributed by atoms with van der Waals surface area (Å²) in [6.07, 6.45) is 4.20. The Kier molecular flexibility index (Phi) is 7.60. The molecule has 32 heavy (non-hydrogen) atoms. The lowest BCUT2D eigenvalue weighted by atomic mass is 10.2. The van der Waals surface area contributed by atoms with Crippen LogP contribution >= 0.6 is 11.8 Å². The second-order valence-electron chi connectivity index (χ2n) is 8.11. The molecule has 0 unspecified atom stereocenters. The van der Waals surface area contributed by atoms with Gasteiger partial charge in [0, 0.05) is 26.2 Å². The normalized spacial score (nSPS) is 14.2. The zero-order valence-corrected chi connectivity index (χ0v) is 19.2. The highest BCUT2D eigenvalue weighted by atomic mass is 32.2. The van der Waals surface area contributed by atoms with E-state index in [-0.39, 0.29) is 23.3 Å². The summed E-state index contributed by atoms with van der Waals surface area (Å²) in [5.74, 6) is 0.241. The van der Waals surface area contributed by atoms with Gasteiger partial charge in [0.05, 0.1) is 23.3 Å². The number of methoxy groups -OCH3 is 1. The van der Waals surface area contributed by atoms with Crippen molar-refractivity contribution in [2.24, 2.45) is 0 Å². The summed E-state index contributed by atoms with van der Waals surface area (Å²) < 4.78 is 7.05. The molecule has 7 heteroatoms. The SMILES string of the molecule is COCCN(Cc1ccccc1)C(=O)CSc1nc2ccccc2c(=O)n1C1CCCC1. The largest absolute Gasteiger partial charge is 0.383 e. The van der Waals surface area contributed by atoms with Gasteiger partial charge in [-0.25, -0.2) is 4.98 Å². The van der Waals surface area contributed by atoms with Gasteiger partial charge in [0.25, 0.3) is 5.56 Å². The van der Waals surface area contributed by atoms with Crippen LogP contribution in [0.4, 0.5) is 0 Å². The van der Waals surface area contributed by atoms with Gasteiger partial charge < -0.3 is 9.64 Å². The molecule has 0 aliphatic heterocycles. The van der Waals surface area contributed by atoms with Crippen LogP contribution in [0, 0.1) is 0 Å². The van der Waals surface area contributed by atoms with Crippen LogP contribution in [0.1, 0.15) is 37.3 Å². The fourth-order valence-electron chi connectivity index (χ4n) is 4.23. The van der Waals surface area contributed by atoms with Crippen molar-refractivity contribution >= 4 is 28.6 Å². The van der Waals surface area contributed by atoms with Crippen LogP contribution in [0.25, 0.3) is 10.9 Å². The predicted molar refractivity (Wildman–Crippen MR) is 128 cm³/mol. The number of carbonyl (C=O) groups is 1. The first-order valence-electron chi connectivity index (χ1n) is 11.1. The van der Waals surface area contributed by atoms with Gasteiger partial charge in [0.1, 0.15) is 0 Å². The quantitative estimate of drug-likeness (QED) is 0.359. The van der Waals surface area contributed by atoms with Crippen LogP contribution in [0.3, 0.4) is 0 Å². The minimum Gasteiger partial charge on any atom is -0.383 e. The van der Waals surface area contributed by atoms with Gasteiger partial charge in [0.2, 0.25) is 5.91 Å². The number of ether oxygens (including phenoxy) is 1. The Morgan fingerprint density at radius 2 is 1.84 bits per heavy atom. The first-order valence-corrected chi connectivity index (χ1v) is 12.1. The van der Waals surface area contributed by atoms with Gasteiger partial charge in [-0.3, -0.25) is 14.2 Å². The molecule has 1 saturated carbocycles. The van der Waals surface area contributed by atoms with Gasteiger partial charge in [-0.1, -0.05) is 67.1 Å². The lowest BCUT2D eigenvalue weighted by Gasteiger charge is -2.23. The first kappa shape index (κ1) is 22.6. The highest BCUT2D eigenvalue weighted by Gasteiger charge is 2.24. The topological polar surface area (TPSA) is 64.4 Å². The third-order valence-corrected chi connectivity index (χ3v) is 6.86. The van der Waals surface area contributed by atoms with Crippen molar-refractivity contribution in [2.75, 3.05) is 26.0 Å². The number of nitrogens with zero attached hydrogens (tertiary/aromatic N) is 3. The van der Waals surface area contributed by atoms with Crippen molar-refractivity contribution < 1.29 is 9.53 Å². The van der Waals surface area contributed by atoms with Crippen LogP contribution < -0.4 is 5.56 Å². The lowest BCUT2D eigenvalue weighted by Crippen LogP contribution is -2.35. The molecule has 0 saturated heterocycles. The second kappa shape index (κ2) is 10.8. The van der Waals surface area contributed by atoms with E-state index in [0.29, 0.717) is 35.8 Å². The van der Waals surface area contributed by atoms with E-state index in [4.69, 9.17) is 9.72 Å². The predicted octanol–water partition coefficient (Wildman–Crippen LogP) is 4.28. The third-order valence-electron chi connectivity index (χ3n) is 5.92. The van der Waals surface area contributed by atoms with Gasteiger partial charge in [0.15, 0.2) is 5.16 Å². The number of para-hydroxylation sites is 1. The number of hydrogen-bond acceptors (Lipinski definition) is 5. The molecule has 4 rings (SSSR count). The maximum atomic E-state index is 13.3. The van der Waals surface area contributed by atoms with E-state index in [1.165, 1.54) is 11.8 Å². The Hall–Kier alpha value is -2.64. The smallest absolute Gasteiger partial charge is 0.262 e. The molecule has 168 valence electrons. The molecule has 1 amide bonds. The summed E-state index contributed by atoms with van der Waals surface area (Å²) in [6.45, 7) is 1.53. The van der Waals surface area contributed by atoms with Crippen LogP contribution in [0.5, 0.6) is 0 Å². The van der Waals surface area contributed by atoms with Crippen molar-refractivity contribution in [1.29, 1.82) is 0 Å². The average Bonchev–Trinajstić information content (AvgIpc) is 3.35. The zero-order valence-electron chi connectivity index (χ0n) is 18.4. The molecule has 1 fully saturated rings. The Labute approximate surface area is 192 Å². The molecule has 1 aliphatic carbocycles. The molecule has 6 nitrogen and oxygen atoms in total. The number of rotatable bonds is 9. The molecule has 1 aromatic heterocycles. The van der Waals surface area contributed by atoms with Crippen LogP contribution in [-0.2, 0) is 16.1 Å². The van der Waals surface area contributed by atoms with Gasteiger partial charge >= 0.3 is 0 Å². The average molecular weight is 452 g/mol.